The van der Waals surface area contributed by atoms with Crippen LogP contribution in [0.3, 0.4) is 0 Å². The first-order valence-electron chi connectivity index (χ1n) is 8.03. The van der Waals surface area contributed by atoms with Gasteiger partial charge in [-0.3, -0.25) is 9.69 Å². The number of carbonyl (C=O) groups excluding carboxylic acids is 1. The van der Waals surface area contributed by atoms with Crippen molar-refractivity contribution in [3.63, 3.8) is 0 Å². The van der Waals surface area contributed by atoms with E-state index in [9.17, 15) is 4.79 Å². The van der Waals surface area contributed by atoms with Gasteiger partial charge in [-0.1, -0.05) is 33.6 Å². The van der Waals surface area contributed by atoms with Crippen LogP contribution in [0.15, 0.2) is 0 Å². The Balaban J connectivity index is 2.50. The number of carbonyl (C=O) groups is 1. The zero-order chi connectivity index (χ0) is 15.0. The molecule has 1 amide bonds. The second-order valence-electron chi connectivity index (χ2n) is 7.14. The van der Waals surface area contributed by atoms with E-state index in [2.05, 4.69) is 25.7 Å². The highest BCUT2D eigenvalue weighted by atomic mass is 16.3. The van der Waals surface area contributed by atoms with E-state index in [0.29, 0.717) is 6.54 Å². The van der Waals surface area contributed by atoms with Gasteiger partial charge in [0.1, 0.15) is 0 Å². The van der Waals surface area contributed by atoms with Gasteiger partial charge < -0.3 is 10.0 Å². The van der Waals surface area contributed by atoms with Crippen molar-refractivity contribution in [1.29, 1.82) is 0 Å². The highest BCUT2D eigenvalue weighted by molar-refractivity contribution is 5.78. The monoisotopic (exact) mass is 284 g/mol. The number of hydrogen-bond donors (Lipinski definition) is 1. The number of hydrogen-bond acceptors (Lipinski definition) is 3. The van der Waals surface area contributed by atoms with Crippen LogP contribution in [-0.4, -0.2) is 60.1 Å². The van der Waals surface area contributed by atoms with E-state index in [4.69, 9.17) is 5.11 Å². The van der Waals surface area contributed by atoms with Crippen molar-refractivity contribution in [3.8, 4) is 0 Å². The van der Waals surface area contributed by atoms with Crippen molar-refractivity contribution in [2.24, 2.45) is 5.41 Å². The summed E-state index contributed by atoms with van der Waals surface area (Å²) in [5, 5.41) is 9.01. The molecule has 1 saturated heterocycles. The largest absolute Gasteiger partial charge is 0.396 e. The molecule has 1 heterocycles. The van der Waals surface area contributed by atoms with E-state index >= 15 is 0 Å². The smallest absolute Gasteiger partial charge is 0.236 e. The summed E-state index contributed by atoms with van der Waals surface area (Å²) < 4.78 is 0. The van der Waals surface area contributed by atoms with Gasteiger partial charge in [-0.25, -0.2) is 0 Å². The molecule has 0 aliphatic carbocycles. The summed E-state index contributed by atoms with van der Waals surface area (Å²) in [6, 6.07) is 0. The molecule has 0 unspecified atom stereocenters. The molecule has 0 atom stereocenters. The minimum absolute atomic E-state index is 0.175. The summed E-state index contributed by atoms with van der Waals surface area (Å²) in [7, 11) is 0. The van der Waals surface area contributed by atoms with Crippen molar-refractivity contribution in [2.45, 2.75) is 52.9 Å². The first-order chi connectivity index (χ1) is 9.42. The predicted molar refractivity (Wildman–Crippen MR) is 82.6 cm³/mol. The van der Waals surface area contributed by atoms with Crippen molar-refractivity contribution in [3.05, 3.63) is 0 Å². The molecule has 4 nitrogen and oxygen atoms in total. The van der Waals surface area contributed by atoms with Crippen LogP contribution in [0.25, 0.3) is 0 Å². The minimum atomic E-state index is 0.175. The lowest BCUT2D eigenvalue weighted by molar-refractivity contribution is -0.132. The van der Waals surface area contributed by atoms with Crippen molar-refractivity contribution >= 4 is 5.91 Å². The predicted octanol–water partition coefficient (Wildman–Crippen LogP) is 2.12. The average Bonchev–Trinajstić information content (AvgIpc) is 2.62. The molecule has 0 bridgehead atoms. The Morgan fingerprint density at radius 3 is 2.25 bits per heavy atom. The molecule has 0 aromatic carbocycles. The third kappa shape index (κ3) is 7.25. The van der Waals surface area contributed by atoms with Crippen molar-refractivity contribution < 1.29 is 9.90 Å². The van der Waals surface area contributed by atoms with Crippen molar-refractivity contribution in [1.82, 2.24) is 9.80 Å². The van der Waals surface area contributed by atoms with Crippen LogP contribution < -0.4 is 0 Å². The van der Waals surface area contributed by atoms with E-state index in [-0.39, 0.29) is 17.9 Å². The van der Waals surface area contributed by atoms with Gasteiger partial charge in [-0.05, 0) is 24.7 Å². The standard InChI is InChI=1S/C16H32N2O2/c1-16(2,3)14-17(9-8-12-19)13-15(20)18-10-6-4-5-7-11-18/h19H,4-14H2,1-3H3. The van der Waals surface area contributed by atoms with Gasteiger partial charge in [0.2, 0.25) is 5.91 Å². The molecule has 1 aliphatic rings. The van der Waals surface area contributed by atoms with Gasteiger partial charge in [0.15, 0.2) is 0 Å². The molecule has 0 aromatic rings. The Bertz CT molecular complexity index is 279. The van der Waals surface area contributed by atoms with Crippen LogP contribution in [0.5, 0.6) is 0 Å². The Labute approximate surface area is 124 Å². The van der Waals surface area contributed by atoms with Crippen LogP contribution in [0.2, 0.25) is 0 Å². The van der Waals surface area contributed by atoms with Gasteiger partial charge in [-0.15, -0.1) is 0 Å². The minimum Gasteiger partial charge on any atom is -0.396 e. The van der Waals surface area contributed by atoms with Gasteiger partial charge in [0.05, 0.1) is 6.54 Å². The Hall–Kier alpha value is -0.610. The van der Waals surface area contributed by atoms with E-state index in [0.717, 1.165) is 45.4 Å². The number of aliphatic hydroxyl groups is 1. The molecule has 0 aromatic heterocycles. The average molecular weight is 284 g/mol. The number of aliphatic hydroxyl groups excluding tert-OH is 1. The number of nitrogens with zero attached hydrogens (tertiary/aromatic N) is 2. The first-order valence-corrected chi connectivity index (χ1v) is 8.03. The molecule has 1 rings (SSSR count). The summed E-state index contributed by atoms with van der Waals surface area (Å²) >= 11 is 0. The van der Waals surface area contributed by atoms with Gasteiger partial charge in [0.25, 0.3) is 0 Å². The molecular formula is C16H32N2O2. The van der Waals surface area contributed by atoms with E-state index in [1.807, 2.05) is 4.90 Å². The quantitative estimate of drug-likeness (QED) is 0.812. The van der Waals surface area contributed by atoms with Gasteiger partial charge in [-0.2, -0.15) is 0 Å². The van der Waals surface area contributed by atoms with Crippen LogP contribution in [-0.2, 0) is 4.79 Å². The maximum absolute atomic E-state index is 12.4. The molecule has 1 fully saturated rings. The fourth-order valence-corrected chi connectivity index (χ4v) is 2.79. The number of rotatable bonds is 6. The molecule has 0 radical (unpaired) electrons. The van der Waals surface area contributed by atoms with Crippen LogP contribution >= 0.6 is 0 Å². The summed E-state index contributed by atoms with van der Waals surface area (Å²) in [5.41, 5.74) is 0.175. The number of amides is 1. The Morgan fingerprint density at radius 1 is 1.15 bits per heavy atom. The maximum Gasteiger partial charge on any atom is 0.236 e. The molecule has 1 N–H and O–H groups in total. The lowest BCUT2D eigenvalue weighted by Crippen LogP contribution is -2.44. The van der Waals surface area contributed by atoms with Crippen LogP contribution in [0, 0.1) is 5.41 Å². The highest BCUT2D eigenvalue weighted by Crippen LogP contribution is 2.16. The summed E-state index contributed by atoms with van der Waals surface area (Å²) in [6.45, 7) is 10.8. The van der Waals surface area contributed by atoms with Gasteiger partial charge in [0, 0.05) is 32.8 Å². The molecule has 1 aliphatic heterocycles. The van der Waals surface area contributed by atoms with E-state index in [1.165, 1.54) is 12.8 Å². The second kappa shape index (κ2) is 8.63. The molecule has 0 saturated carbocycles. The Morgan fingerprint density at radius 2 is 1.75 bits per heavy atom. The summed E-state index contributed by atoms with van der Waals surface area (Å²) in [6.07, 6.45) is 5.52. The molecule has 20 heavy (non-hydrogen) atoms. The van der Waals surface area contributed by atoms with Gasteiger partial charge >= 0.3 is 0 Å². The molecule has 118 valence electrons. The first kappa shape index (κ1) is 17.4. The SMILES string of the molecule is CC(C)(C)CN(CCCO)CC(=O)N1CCCCCC1. The molecule has 0 spiro atoms. The zero-order valence-electron chi connectivity index (χ0n) is 13.5. The van der Waals surface area contributed by atoms with Crippen molar-refractivity contribution in [2.75, 3.05) is 39.3 Å². The summed E-state index contributed by atoms with van der Waals surface area (Å²) in [4.78, 5) is 16.7. The lowest BCUT2D eigenvalue weighted by Gasteiger charge is -2.31. The Kier molecular flexibility index (Phi) is 7.52. The lowest BCUT2D eigenvalue weighted by atomic mass is 9.96. The molecular weight excluding hydrogens is 252 g/mol. The normalized spacial score (nSPS) is 17.4. The maximum atomic E-state index is 12.4. The van der Waals surface area contributed by atoms with E-state index < -0.39 is 0 Å². The number of likely N-dealkylation sites (tertiary alicyclic amines) is 1. The highest BCUT2D eigenvalue weighted by Gasteiger charge is 2.22. The fourth-order valence-electron chi connectivity index (χ4n) is 2.79. The topological polar surface area (TPSA) is 43.8 Å². The second-order valence-corrected chi connectivity index (χ2v) is 7.14. The third-order valence-electron chi connectivity index (χ3n) is 3.65. The third-order valence-corrected chi connectivity index (χ3v) is 3.65. The molecule has 4 heteroatoms. The van der Waals surface area contributed by atoms with Crippen LogP contribution in [0.1, 0.15) is 52.9 Å². The van der Waals surface area contributed by atoms with E-state index in [1.54, 1.807) is 0 Å². The summed E-state index contributed by atoms with van der Waals surface area (Å²) in [5.74, 6) is 0.258. The zero-order valence-corrected chi connectivity index (χ0v) is 13.5. The van der Waals surface area contributed by atoms with Crippen LogP contribution in [0.4, 0.5) is 0 Å². The fraction of sp³-hybridized carbons (Fsp3) is 0.938.